The number of hydrogen-bond donors (Lipinski definition) is 2. The monoisotopic (exact) mass is 196 g/mol. The fraction of sp³-hybridized carbons (Fsp3) is 0.444. The first kappa shape index (κ1) is 10.4. The van der Waals surface area contributed by atoms with E-state index in [0.29, 0.717) is 6.42 Å². The standard InChI is InChI=1S/C9H12N2O3/c1-2-3-7(12)10-6-4-5-8(13)11-9(6)14/h2-3,6H,4-5H2,1H3,(H,10,12)(H,11,13,14)/b3-2+. The average Bonchev–Trinajstić information content (AvgIpc) is 2.10. The molecule has 1 heterocycles. The van der Waals surface area contributed by atoms with E-state index in [2.05, 4.69) is 10.6 Å². The second kappa shape index (κ2) is 4.55. The third kappa shape index (κ3) is 2.69. The summed E-state index contributed by atoms with van der Waals surface area (Å²) in [5.74, 6) is -1.03. The normalized spacial score (nSPS) is 22.2. The van der Waals surface area contributed by atoms with Crippen LogP contribution in [-0.4, -0.2) is 23.8 Å². The Bertz CT molecular complexity index is 296. The lowest BCUT2D eigenvalue weighted by Gasteiger charge is -2.20. The molecule has 3 amide bonds. The Morgan fingerprint density at radius 3 is 2.86 bits per heavy atom. The van der Waals surface area contributed by atoms with E-state index >= 15 is 0 Å². The highest BCUT2D eigenvalue weighted by Crippen LogP contribution is 2.03. The van der Waals surface area contributed by atoms with Gasteiger partial charge in [-0.3, -0.25) is 19.7 Å². The van der Waals surface area contributed by atoms with E-state index in [9.17, 15) is 14.4 Å². The number of hydrogen-bond acceptors (Lipinski definition) is 3. The first-order valence-corrected chi connectivity index (χ1v) is 4.40. The van der Waals surface area contributed by atoms with Crippen LogP contribution in [0.5, 0.6) is 0 Å². The SMILES string of the molecule is C/C=C/C(=O)NC1CCC(=O)NC1=O. The minimum Gasteiger partial charge on any atom is -0.341 e. The third-order valence-electron chi connectivity index (χ3n) is 1.87. The molecule has 1 rings (SSSR count). The molecule has 0 aliphatic carbocycles. The highest BCUT2D eigenvalue weighted by Gasteiger charge is 2.26. The van der Waals surface area contributed by atoms with E-state index in [1.807, 2.05) is 0 Å². The molecule has 0 bridgehead atoms. The Balaban J connectivity index is 2.49. The zero-order chi connectivity index (χ0) is 10.6. The molecule has 76 valence electrons. The lowest BCUT2D eigenvalue weighted by Crippen LogP contribution is -2.51. The summed E-state index contributed by atoms with van der Waals surface area (Å²) in [5.41, 5.74) is 0. The van der Waals surface area contributed by atoms with Crippen molar-refractivity contribution in [3.63, 3.8) is 0 Å². The second-order valence-corrected chi connectivity index (χ2v) is 3.01. The first-order valence-electron chi connectivity index (χ1n) is 4.40. The number of piperidine rings is 1. The lowest BCUT2D eigenvalue weighted by molar-refractivity contribution is -0.136. The molecule has 0 radical (unpaired) electrons. The molecule has 1 fully saturated rings. The lowest BCUT2D eigenvalue weighted by atomic mass is 10.1. The molecule has 2 N–H and O–H groups in total. The van der Waals surface area contributed by atoms with Gasteiger partial charge in [0.25, 0.3) is 0 Å². The molecule has 1 saturated heterocycles. The van der Waals surface area contributed by atoms with Crippen molar-refractivity contribution in [2.75, 3.05) is 0 Å². The van der Waals surface area contributed by atoms with Gasteiger partial charge in [-0.25, -0.2) is 0 Å². The van der Waals surface area contributed by atoms with Gasteiger partial charge in [0.1, 0.15) is 6.04 Å². The van der Waals surface area contributed by atoms with Gasteiger partial charge < -0.3 is 5.32 Å². The highest BCUT2D eigenvalue weighted by atomic mass is 16.2. The van der Waals surface area contributed by atoms with Crippen molar-refractivity contribution in [3.8, 4) is 0 Å². The van der Waals surface area contributed by atoms with Crippen LogP contribution in [0.2, 0.25) is 0 Å². The zero-order valence-electron chi connectivity index (χ0n) is 7.87. The molecule has 0 spiro atoms. The second-order valence-electron chi connectivity index (χ2n) is 3.01. The summed E-state index contributed by atoms with van der Waals surface area (Å²) >= 11 is 0. The van der Waals surface area contributed by atoms with Gasteiger partial charge in [0.05, 0.1) is 0 Å². The molecular weight excluding hydrogens is 184 g/mol. The summed E-state index contributed by atoms with van der Waals surface area (Å²) < 4.78 is 0. The Morgan fingerprint density at radius 2 is 2.29 bits per heavy atom. The summed E-state index contributed by atoms with van der Waals surface area (Å²) in [7, 11) is 0. The Labute approximate surface area is 81.5 Å². The Hall–Kier alpha value is -1.65. The average molecular weight is 196 g/mol. The molecule has 1 aliphatic rings. The van der Waals surface area contributed by atoms with Gasteiger partial charge in [-0.15, -0.1) is 0 Å². The van der Waals surface area contributed by atoms with Crippen molar-refractivity contribution in [2.45, 2.75) is 25.8 Å². The zero-order valence-corrected chi connectivity index (χ0v) is 7.87. The van der Waals surface area contributed by atoms with Crippen LogP contribution in [0.15, 0.2) is 12.2 Å². The Kier molecular flexibility index (Phi) is 3.39. The van der Waals surface area contributed by atoms with Crippen molar-refractivity contribution in [1.29, 1.82) is 0 Å². The van der Waals surface area contributed by atoms with E-state index in [0.717, 1.165) is 0 Å². The summed E-state index contributed by atoms with van der Waals surface area (Å²) in [6, 6.07) is -0.587. The maximum atomic E-state index is 11.2. The largest absolute Gasteiger partial charge is 0.341 e. The number of imide groups is 1. The van der Waals surface area contributed by atoms with E-state index in [1.54, 1.807) is 13.0 Å². The number of nitrogens with one attached hydrogen (secondary N) is 2. The maximum Gasteiger partial charge on any atom is 0.249 e. The number of rotatable bonds is 2. The number of amides is 3. The fourth-order valence-corrected chi connectivity index (χ4v) is 1.20. The molecule has 0 saturated carbocycles. The number of allylic oxidation sites excluding steroid dienone is 1. The van der Waals surface area contributed by atoms with Crippen LogP contribution < -0.4 is 10.6 Å². The van der Waals surface area contributed by atoms with Crippen LogP contribution in [0, 0.1) is 0 Å². The van der Waals surface area contributed by atoms with Crippen molar-refractivity contribution >= 4 is 17.7 Å². The van der Waals surface area contributed by atoms with E-state index in [1.165, 1.54) is 6.08 Å². The minimum atomic E-state index is -0.587. The van der Waals surface area contributed by atoms with Crippen LogP contribution in [0.4, 0.5) is 0 Å². The summed E-state index contributed by atoms with van der Waals surface area (Å²) in [6.45, 7) is 1.71. The molecule has 1 unspecified atom stereocenters. The predicted molar refractivity (Wildman–Crippen MR) is 49.1 cm³/mol. The number of carbonyl (C=O) groups excluding carboxylic acids is 3. The molecule has 5 nitrogen and oxygen atoms in total. The number of carbonyl (C=O) groups is 3. The van der Waals surface area contributed by atoms with Gasteiger partial charge in [0.15, 0.2) is 0 Å². The highest BCUT2D eigenvalue weighted by molar-refractivity contribution is 6.02. The quantitative estimate of drug-likeness (QED) is 0.461. The van der Waals surface area contributed by atoms with Gasteiger partial charge in [-0.05, 0) is 19.4 Å². The van der Waals surface area contributed by atoms with E-state index in [-0.39, 0.29) is 18.2 Å². The van der Waals surface area contributed by atoms with Crippen molar-refractivity contribution < 1.29 is 14.4 Å². The van der Waals surface area contributed by atoms with Crippen LogP contribution in [0.25, 0.3) is 0 Å². The van der Waals surface area contributed by atoms with Gasteiger partial charge in [0.2, 0.25) is 17.7 Å². The van der Waals surface area contributed by atoms with Gasteiger partial charge in [-0.2, -0.15) is 0 Å². The Morgan fingerprint density at radius 1 is 1.57 bits per heavy atom. The van der Waals surface area contributed by atoms with Crippen molar-refractivity contribution in [3.05, 3.63) is 12.2 Å². The molecule has 1 aliphatic heterocycles. The predicted octanol–water partition coefficient (Wildman–Crippen LogP) is -0.516. The van der Waals surface area contributed by atoms with Crippen LogP contribution in [0.1, 0.15) is 19.8 Å². The smallest absolute Gasteiger partial charge is 0.249 e. The minimum absolute atomic E-state index is 0.270. The molecular formula is C9H12N2O3. The molecule has 14 heavy (non-hydrogen) atoms. The molecule has 0 aromatic rings. The maximum absolute atomic E-state index is 11.2. The van der Waals surface area contributed by atoms with Crippen molar-refractivity contribution in [2.24, 2.45) is 0 Å². The molecule has 0 aromatic heterocycles. The summed E-state index contributed by atoms with van der Waals surface area (Å²) in [5, 5.41) is 4.66. The third-order valence-corrected chi connectivity index (χ3v) is 1.87. The fourth-order valence-electron chi connectivity index (χ4n) is 1.20. The van der Waals surface area contributed by atoms with Gasteiger partial charge in [-0.1, -0.05) is 6.08 Å². The molecule has 5 heteroatoms. The molecule has 0 aromatic carbocycles. The van der Waals surface area contributed by atoms with Gasteiger partial charge >= 0.3 is 0 Å². The molecule has 1 atom stereocenters. The van der Waals surface area contributed by atoms with E-state index < -0.39 is 11.9 Å². The van der Waals surface area contributed by atoms with E-state index in [4.69, 9.17) is 0 Å². The summed E-state index contributed by atoms with van der Waals surface area (Å²) in [4.78, 5) is 33.0. The van der Waals surface area contributed by atoms with Crippen molar-refractivity contribution in [1.82, 2.24) is 10.6 Å². The topological polar surface area (TPSA) is 75.3 Å². The van der Waals surface area contributed by atoms with Crippen LogP contribution in [-0.2, 0) is 14.4 Å². The van der Waals surface area contributed by atoms with Crippen LogP contribution >= 0.6 is 0 Å². The van der Waals surface area contributed by atoms with Crippen LogP contribution in [0.3, 0.4) is 0 Å². The van der Waals surface area contributed by atoms with Gasteiger partial charge in [0, 0.05) is 6.42 Å². The summed E-state index contributed by atoms with van der Waals surface area (Å²) in [6.07, 6.45) is 3.56. The first-order chi connectivity index (χ1) is 6.63.